The Morgan fingerprint density at radius 2 is 1.95 bits per heavy atom. The fraction of sp³-hybridized carbons (Fsp3) is 0.471. The van der Waals surface area contributed by atoms with Crippen molar-refractivity contribution in [1.82, 2.24) is 15.1 Å². The van der Waals surface area contributed by atoms with E-state index in [0.717, 1.165) is 25.1 Å². The number of aryl methyl sites for hydroxylation is 2. The maximum absolute atomic E-state index is 4.48. The van der Waals surface area contributed by atoms with Crippen LogP contribution in [0.3, 0.4) is 0 Å². The third-order valence-corrected chi connectivity index (χ3v) is 4.20. The highest BCUT2D eigenvalue weighted by Crippen LogP contribution is 2.31. The first kappa shape index (κ1) is 14.8. The number of aromatic nitrogens is 2. The van der Waals surface area contributed by atoms with E-state index in [0.29, 0.717) is 0 Å². The summed E-state index contributed by atoms with van der Waals surface area (Å²) in [5.74, 6) is 0. The average molecular weight is 271 g/mol. The van der Waals surface area contributed by atoms with E-state index in [1.54, 1.807) is 0 Å². The number of hydrogen-bond donors (Lipinski definition) is 1. The van der Waals surface area contributed by atoms with Gasteiger partial charge in [0.2, 0.25) is 0 Å². The Morgan fingerprint density at radius 3 is 2.45 bits per heavy atom. The molecule has 20 heavy (non-hydrogen) atoms. The maximum atomic E-state index is 4.48. The summed E-state index contributed by atoms with van der Waals surface area (Å²) in [7, 11) is 4.06. The van der Waals surface area contributed by atoms with Gasteiger partial charge in [0, 0.05) is 31.1 Å². The lowest BCUT2D eigenvalue weighted by molar-refractivity contribution is 0.381. The molecule has 0 aliphatic heterocycles. The van der Waals surface area contributed by atoms with E-state index < -0.39 is 0 Å². The molecule has 1 atom stereocenters. The van der Waals surface area contributed by atoms with Crippen LogP contribution >= 0.6 is 0 Å². The van der Waals surface area contributed by atoms with Gasteiger partial charge in [0.25, 0.3) is 0 Å². The van der Waals surface area contributed by atoms with Gasteiger partial charge in [-0.2, -0.15) is 5.10 Å². The standard InChI is InChI=1S/C17H25N3/c1-5-17(13-18-3,15-9-7-6-8-10-15)12-16-11-14(2)19-20(16)4/h6-11,18H,5,12-13H2,1-4H3. The van der Waals surface area contributed by atoms with Crippen molar-refractivity contribution in [1.29, 1.82) is 0 Å². The number of nitrogens with one attached hydrogen (secondary N) is 1. The largest absolute Gasteiger partial charge is 0.319 e. The smallest absolute Gasteiger partial charge is 0.0596 e. The van der Waals surface area contributed by atoms with Gasteiger partial charge in [-0.25, -0.2) is 0 Å². The zero-order valence-corrected chi connectivity index (χ0v) is 13.0. The van der Waals surface area contributed by atoms with Crippen LogP contribution in [0.25, 0.3) is 0 Å². The highest BCUT2D eigenvalue weighted by Gasteiger charge is 2.31. The van der Waals surface area contributed by atoms with Crippen LogP contribution < -0.4 is 5.32 Å². The average Bonchev–Trinajstić information content (AvgIpc) is 2.77. The van der Waals surface area contributed by atoms with Gasteiger partial charge >= 0.3 is 0 Å². The molecule has 1 heterocycles. The van der Waals surface area contributed by atoms with Gasteiger partial charge in [-0.15, -0.1) is 0 Å². The van der Waals surface area contributed by atoms with Crippen LogP contribution in [0.1, 0.15) is 30.3 Å². The SMILES string of the molecule is CCC(CNC)(Cc1cc(C)nn1C)c1ccccc1. The van der Waals surface area contributed by atoms with E-state index in [9.17, 15) is 0 Å². The van der Waals surface area contributed by atoms with Gasteiger partial charge in [-0.05, 0) is 32.0 Å². The third-order valence-electron chi connectivity index (χ3n) is 4.20. The van der Waals surface area contributed by atoms with Gasteiger partial charge in [0.1, 0.15) is 0 Å². The Labute approximate surface area is 122 Å². The maximum Gasteiger partial charge on any atom is 0.0596 e. The zero-order chi connectivity index (χ0) is 14.6. The number of nitrogens with zero attached hydrogens (tertiary/aromatic N) is 2. The molecule has 2 rings (SSSR count). The minimum absolute atomic E-state index is 0.121. The minimum atomic E-state index is 0.121. The normalized spacial score (nSPS) is 14.2. The molecule has 108 valence electrons. The molecule has 2 aromatic rings. The summed E-state index contributed by atoms with van der Waals surface area (Å²) in [4.78, 5) is 0. The van der Waals surface area contributed by atoms with Gasteiger partial charge in [-0.1, -0.05) is 37.3 Å². The third kappa shape index (κ3) is 2.93. The predicted octanol–water partition coefficient (Wildman–Crippen LogP) is 2.84. The Hall–Kier alpha value is -1.61. The van der Waals surface area contributed by atoms with E-state index in [1.165, 1.54) is 11.3 Å². The molecule has 0 radical (unpaired) electrons. The van der Waals surface area contributed by atoms with Gasteiger partial charge in [0.15, 0.2) is 0 Å². The molecule has 1 unspecified atom stereocenters. The molecule has 3 heteroatoms. The zero-order valence-electron chi connectivity index (χ0n) is 13.0. The highest BCUT2D eigenvalue weighted by molar-refractivity contribution is 5.29. The Balaban J connectivity index is 2.39. The van der Waals surface area contributed by atoms with Gasteiger partial charge < -0.3 is 5.32 Å². The number of likely N-dealkylation sites (N-methyl/N-ethyl adjacent to an activating group) is 1. The van der Waals surface area contributed by atoms with Crippen molar-refractivity contribution in [3.05, 3.63) is 53.3 Å². The summed E-state index contributed by atoms with van der Waals surface area (Å²) < 4.78 is 2.01. The minimum Gasteiger partial charge on any atom is -0.319 e. The summed E-state index contributed by atoms with van der Waals surface area (Å²) in [6, 6.07) is 13.0. The summed E-state index contributed by atoms with van der Waals surface area (Å²) in [6.07, 6.45) is 2.10. The van der Waals surface area contributed by atoms with E-state index >= 15 is 0 Å². The Morgan fingerprint density at radius 1 is 1.25 bits per heavy atom. The Bertz CT molecular complexity index is 545. The molecule has 0 aliphatic carbocycles. The van der Waals surface area contributed by atoms with Crippen molar-refractivity contribution >= 4 is 0 Å². The molecule has 0 spiro atoms. The van der Waals surface area contributed by atoms with E-state index in [4.69, 9.17) is 0 Å². The van der Waals surface area contributed by atoms with Crippen molar-refractivity contribution in [3.8, 4) is 0 Å². The van der Waals surface area contributed by atoms with Gasteiger partial charge in [-0.3, -0.25) is 4.68 Å². The van der Waals surface area contributed by atoms with Crippen molar-refractivity contribution in [2.45, 2.75) is 32.1 Å². The van der Waals surface area contributed by atoms with Crippen LogP contribution in [0, 0.1) is 6.92 Å². The lowest BCUT2D eigenvalue weighted by Gasteiger charge is -2.33. The summed E-state index contributed by atoms with van der Waals surface area (Å²) in [5.41, 5.74) is 3.90. The summed E-state index contributed by atoms with van der Waals surface area (Å²) >= 11 is 0. The van der Waals surface area contributed by atoms with E-state index in [-0.39, 0.29) is 5.41 Å². The molecule has 0 bridgehead atoms. The molecular formula is C17H25N3. The molecule has 1 N–H and O–H groups in total. The molecule has 0 saturated carbocycles. The molecule has 0 amide bonds. The molecule has 1 aromatic heterocycles. The first-order valence-electron chi connectivity index (χ1n) is 7.31. The Kier molecular flexibility index (Phi) is 4.61. The fourth-order valence-corrected chi connectivity index (χ4v) is 3.03. The lowest BCUT2D eigenvalue weighted by atomic mass is 9.74. The first-order valence-corrected chi connectivity index (χ1v) is 7.31. The quantitative estimate of drug-likeness (QED) is 0.875. The highest BCUT2D eigenvalue weighted by atomic mass is 15.3. The van der Waals surface area contributed by atoms with Crippen LogP contribution in [-0.2, 0) is 18.9 Å². The van der Waals surface area contributed by atoms with Crippen molar-refractivity contribution in [2.24, 2.45) is 7.05 Å². The van der Waals surface area contributed by atoms with Crippen LogP contribution in [0.15, 0.2) is 36.4 Å². The molecule has 0 saturated heterocycles. The van der Waals surface area contributed by atoms with Crippen LogP contribution in [0.2, 0.25) is 0 Å². The first-order chi connectivity index (χ1) is 9.61. The molecular weight excluding hydrogens is 246 g/mol. The molecule has 3 nitrogen and oxygen atoms in total. The van der Waals surface area contributed by atoms with Crippen LogP contribution in [0.5, 0.6) is 0 Å². The second kappa shape index (κ2) is 6.23. The predicted molar refractivity (Wildman–Crippen MR) is 84.0 cm³/mol. The monoisotopic (exact) mass is 271 g/mol. The topological polar surface area (TPSA) is 29.9 Å². The van der Waals surface area contributed by atoms with Crippen LogP contribution in [0.4, 0.5) is 0 Å². The lowest BCUT2D eigenvalue weighted by Crippen LogP contribution is -2.39. The molecule has 0 fully saturated rings. The van der Waals surface area contributed by atoms with Crippen molar-refractivity contribution in [2.75, 3.05) is 13.6 Å². The van der Waals surface area contributed by atoms with E-state index in [1.807, 2.05) is 18.8 Å². The summed E-state index contributed by atoms with van der Waals surface area (Å²) in [5, 5.41) is 7.85. The second-order valence-corrected chi connectivity index (χ2v) is 5.61. The number of benzene rings is 1. The molecule has 0 aliphatic rings. The molecule has 1 aromatic carbocycles. The summed E-state index contributed by atoms with van der Waals surface area (Å²) in [6.45, 7) is 5.29. The number of hydrogen-bond acceptors (Lipinski definition) is 2. The van der Waals surface area contributed by atoms with E-state index in [2.05, 4.69) is 60.7 Å². The van der Waals surface area contributed by atoms with Crippen molar-refractivity contribution < 1.29 is 0 Å². The van der Waals surface area contributed by atoms with Crippen LogP contribution in [-0.4, -0.2) is 23.4 Å². The second-order valence-electron chi connectivity index (χ2n) is 5.61. The fourth-order valence-electron chi connectivity index (χ4n) is 3.03. The van der Waals surface area contributed by atoms with Crippen molar-refractivity contribution in [3.63, 3.8) is 0 Å². The van der Waals surface area contributed by atoms with Gasteiger partial charge in [0.05, 0.1) is 5.69 Å². The number of rotatable bonds is 6.